The van der Waals surface area contributed by atoms with Gasteiger partial charge in [-0.25, -0.2) is 0 Å². The number of likely N-dealkylation sites (N-methyl/N-ethyl adjacent to an activating group) is 1. The van der Waals surface area contributed by atoms with E-state index in [1.54, 1.807) is 28.8 Å². The van der Waals surface area contributed by atoms with Crippen molar-refractivity contribution in [2.24, 2.45) is 5.10 Å². The van der Waals surface area contributed by atoms with Gasteiger partial charge in [-0.3, -0.25) is 24.4 Å². The van der Waals surface area contributed by atoms with Crippen LogP contribution in [0.1, 0.15) is 30.3 Å². The number of hydrogen-bond donors (Lipinski definition) is 0. The molecule has 0 unspecified atom stereocenters. The molecule has 2 aromatic carbocycles. The zero-order chi connectivity index (χ0) is 20.0. The zero-order valence-electron chi connectivity index (χ0n) is 15.7. The number of anilines is 1. The van der Waals surface area contributed by atoms with Gasteiger partial charge in [-0.2, -0.15) is 0 Å². The Morgan fingerprint density at radius 2 is 1.82 bits per heavy atom. The zero-order valence-corrected chi connectivity index (χ0v) is 18.1. The van der Waals surface area contributed by atoms with E-state index >= 15 is 0 Å². The number of carbonyl (C=O) groups is 2. The fourth-order valence-electron chi connectivity index (χ4n) is 3.73. The van der Waals surface area contributed by atoms with E-state index in [4.69, 9.17) is 5.10 Å². The van der Waals surface area contributed by atoms with E-state index in [0.717, 1.165) is 21.3 Å². The van der Waals surface area contributed by atoms with Crippen LogP contribution >= 0.6 is 27.7 Å². The van der Waals surface area contributed by atoms with Crippen molar-refractivity contribution < 1.29 is 9.59 Å². The van der Waals surface area contributed by atoms with Gasteiger partial charge in [0, 0.05) is 24.0 Å². The molecule has 8 heteroatoms. The fraction of sp³-hybridized carbons (Fsp3) is 0.250. The molecule has 0 saturated heterocycles. The Hall–Kier alpha value is -2.32. The van der Waals surface area contributed by atoms with Crippen molar-refractivity contribution in [1.82, 2.24) is 9.91 Å². The first-order valence-corrected chi connectivity index (χ1v) is 10.8. The highest BCUT2D eigenvalue weighted by molar-refractivity contribution is 9.10. The van der Waals surface area contributed by atoms with Crippen LogP contribution in [0, 0.1) is 0 Å². The molecule has 144 valence electrons. The lowest BCUT2D eigenvalue weighted by molar-refractivity contribution is -0.136. The van der Waals surface area contributed by atoms with Crippen LogP contribution in [0.3, 0.4) is 0 Å². The van der Waals surface area contributed by atoms with Gasteiger partial charge in [0.1, 0.15) is 0 Å². The van der Waals surface area contributed by atoms with Gasteiger partial charge in [0.2, 0.25) is 5.91 Å². The standard InChI is InChI=1S/C20H19BrN4O2S/c1-12(26)24-16-7-5-4-6-15(16)17-19(27)23(2)20(28-3)22-25(17)18(24)13-8-10-14(21)11-9-13/h4-11,17-18H,1-3H3/t17-,18+/m0/s1. The molecule has 2 atom stereocenters. The Labute approximate surface area is 176 Å². The summed E-state index contributed by atoms with van der Waals surface area (Å²) in [6.45, 7) is 1.54. The third-order valence-electron chi connectivity index (χ3n) is 4.99. The third kappa shape index (κ3) is 2.91. The van der Waals surface area contributed by atoms with E-state index < -0.39 is 12.2 Å². The highest BCUT2D eigenvalue weighted by atomic mass is 79.9. The molecule has 2 aliphatic rings. The summed E-state index contributed by atoms with van der Waals surface area (Å²) in [6, 6.07) is 14.7. The number of nitrogens with zero attached hydrogens (tertiary/aromatic N) is 4. The normalized spacial score (nSPS) is 21.2. The summed E-state index contributed by atoms with van der Waals surface area (Å²) in [6.07, 6.45) is 1.38. The second-order valence-electron chi connectivity index (χ2n) is 6.64. The summed E-state index contributed by atoms with van der Waals surface area (Å²) in [5.74, 6) is -0.164. The van der Waals surface area contributed by atoms with Crippen LogP contribution in [-0.2, 0) is 9.59 Å². The first-order valence-electron chi connectivity index (χ1n) is 8.76. The molecule has 0 spiro atoms. The highest BCUT2D eigenvalue weighted by Crippen LogP contribution is 2.47. The highest BCUT2D eigenvalue weighted by Gasteiger charge is 2.48. The number of hydrogen-bond acceptors (Lipinski definition) is 5. The molecular formula is C20H19BrN4O2S. The predicted octanol–water partition coefficient (Wildman–Crippen LogP) is 3.96. The summed E-state index contributed by atoms with van der Waals surface area (Å²) in [4.78, 5) is 29.3. The topological polar surface area (TPSA) is 56.2 Å². The van der Waals surface area contributed by atoms with Crippen molar-refractivity contribution in [2.45, 2.75) is 19.1 Å². The van der Waals surface area contributed by atoms with Gasteiger partial charge in [0.05, 0.1) is 5.69 Å². The summed E-state index contributed by atoms with van der Waals surface area (Å²) in [7, 11) is 1.74. The van der Waals surface area contributed by atoms with Crippen molar-refractivity contribution in [3.8, 4) is 0 Å². The molecule has 4 rings (SSSR count). The van der Waals surface area contributed by atoms with Gasteiger partial charge in [-0.05, 0) is 30.0 Å². The van der Waals surface area contributed by atoms with Gasteiger partial charge in [0.25, 0.3) is 5.91 Å². The number of halogens is 1. The predicted molar refractivity (Wildman–Crippen MR) is 115 cm³/mol. The van der Waals surface area contributed by atoms with Gasteiger partial charge in [-0.1, -0.05) is 58.0 Å². The number of para-hydroxylation sites is 1. The molecule has 0 aromatic heterocycles. The molecule has 28 heavy (non-hydrogen) atoms. The average Bonchev–Trinajstić information content (AvgIpc) is 2.69. The van der Waals surface area contributed by atoms with Crippen molar-refractivity contribution in [1.29, 1.82) is 0 Å². The van der Waals surface area contributed by atoms with E-state index in [-0.39, 0.29) is 11.8 Å². The molecule has 0 N–H and O–H groups in total. The average molecular weight is 459 g/mol. The van der Waals surface area contributed by atoms with Gasteiger partial charge in [0.15, 0.2) is 17.4 Å². The Bertz CT molecular complexity index is 978. The molecule has 6 nitrogen and oxygen atoms in total. The molecule has 0 saturated carbocycles. The molecular weight excluding hydrogens is 440 g/mol. The lowest BCUT2D eigenvalue weighted by Crippen LogP contribution is -2.55. The van der Waals surface area contributed by atoms with Crippen LogP contribution < -0.4 is 4.90 Å². The maximum absolute atomic E-state index is 13.3. The van der Waals surface area contributed by atoms with Crippen LogP contribution in [0.5, 0.6) is 0 Å². The Kier molecular flexibility index (Phi) is 4.93. The second-order valence-corrected chi connectivity index (χ2v) is 8.33. The van der Waals surface area contributed by atoms with Crippen LogP contribution in [0.2, 0.25) is 0 Å². The van der Waals surface area contributed by atoms with Crippen molar-refractivity contribution in [3.05, 3.63) is 64.1 Å². The van der Waals surface area contributed by atoms with Crippen LogP contribution in [0.4, 0.5) is 5.69 Å². The largest absolute Gasteiger partial charge is 0.291 e. The van der Waals surface area contributed by atoms with E-state index in [2.05, 4.69) is 15.9 Å². The van der Waals surface area contributed by atoms with Crippen LogP contribution in [0.25, 0.3) is 0 Å². The number of amidine groups is 1. The summed E-state index contributed by atoms with van der Waals surface area (Å²) in [5.41, 5.74) is 2.42. The van der Waals surface area contributed by atoms with Crippen LogP contribution in [0.15, 0.2) is 58.1 Å². The summed E-state index contributed by atoms with van der Waals surface area (Å²) in [5, 5.41) is 7.15. The number of fused-ring (bicyclic) bond motifs is 3. The molecule has 0 radical (unpaired) electrons. The van der Waals surface area contributed by atoms with Gasteiger partial charge < -0.3 is 0 Å². The number of amides is 2. The number of benzene rings is 2. The Morgan fingerprint density at radius 3 is 2.46 bits per heavy atom. The molecule has 2 aliphatic heterocycles. The first kappa shape index (κ1) is 19.0. The maximum atomic E-state index is 13.3. The monoisotopic (exact) mass is 458 g/mol. The van der Waals surface area contributed by atoms with Crippen molar-refractivity contribution >= 4 is 50.4 Å². The maximum Gasteiger partial charge on any atom is 0.257 e. The molecule has 2 heterocycles. The lowest BCUT2D eigenvalue weighted by Gasteiger charge is -2.49. The molecule has 0 aliphatic carbocycles. The van der Waals surface area contributed by atoms with E-state index in [1.807, 2.05) is 54.8 Å². The molecule has 0 fully saturated rings. The molecule has 0 bridgehead atoms. The van der Waals surface area contributed by atoms with Crippen molar-refractivity contribution in [3.63, 3.8) is 0 Å². The summed E-state index contributed by atoms with van der Waals surface area (Å²) >= 11 is 4.87. The number of carbonyl (C=O) groups excluding carboxylic acids is 2. The Balaban J connectivity index is 1.99. The minimum atomic E-state index is -0.582. The quantitative estimate of drug-likeness (QED) is 0.648. The Morgan fingerprint density at radius 1 is 1.14 bits per heavy atom. The SMILES string of the molecule is CSC1=NN2[C@H](C(=O)N1C)c1ccccc1N(C(C)=O)[C@H]2c1ccc(Br)cc1. The lowest BCUT2D eigenvalue weighted by atomic mass is 9.95. The van der Waals surface area contributed by atoms with Crippen LogP contribution in [-0.4, -0.2) is 40.2 Å². The smallest absolute Gasteiger partial charge is 0.257 e. The molecule has 2 amide bonds. The van der Waals surface area contributed by atoms with Gasteiger partial charge >= 0.3 is 0 Å². The van der Waals surface area contributed by atoms with E-state index in [0.29, 0.717) is 5.17 Å². The molecule has 2 aromatic rings. The minimum absolute atomic E-state index is 0.0582. The van der Waals surface area contributed by atoms with E-state index in [1.165, 1.54) is 11.8 Å². The summed E-state index contributed by atoms with van der Waals surface area (Å²) < 4.78 is 0.946. The first-order chi connectivity index (χ1) is 13.4. The fourth-order valence-corrected chi connectivity index (χ4v) is 4.53. The van der Waals surface area contributed by atoms with Crippen molar-refractivity contribution in [2.75, 3.05) is 18.2 Å². The van der Waals surface area contributed by atoms with Gasteiger partial charge in [-0.15, -0.1) is 5.10 Å². The third-order valence-corrected chi connectivity index (χ3v) is 6.24. The van der Waals surface area contributed by atoms with E-state index in [9.17, 15) is 9.59 Å². The minimum Gasteiger partial charge on any atom is -0.291 e. The number of hydrazone groups is 1. The second kappa shape index (κ2) is 7.25. The number of thioether (sulfide) groups is 1. The number of rotatable bonds is 1.